The van der Waals surface area contributed by atoms with Crippen LogP contribution in [0, 0.1) is 5.82 Å². The molecule has 7 heteroatoms. The zero-order chi connectivity index (χ0) is 19.5. The molecule has 1 atom stereocenters. The summed E-state index contributed by atoms with van der Waals surface area (Å²) in [6.45, 7) is 2.73. The quantitative estimate of drug-likeness (QED) is 0.735. The Balaban J connectivity index is 1.67. The van der Waals surface area contributed by atoms with E-state index in [-0.39, 0.29) is 11.7 Å². The zero-order valence-electron chi connectivity index (χ0n) is 16.3. The van der Waals surface area contributed by atoms with E-state index < -0.39 is 0 Å². The molecule has 0 spiro atoms. The summed E-state index contributed by atoms with van der Waals surface area (Å²) < 4.78 is 13.8. The van der Waals surface area contributed by atoms with Gasteiger partial charge in [-0.2, -0.15) is 0 Å². The molecular weight excluding hydrogens is 355 g/mol. The number of hydrogen-bond acceptors (Lipinski definition) is 5. The minimum Gasteiger partial charge on any atom is -0.348 e. The number of imidazole rings is 1. The van der Waals surface area contributed by atoms with Gasteiger partial charge in [0.05, 0.1) is 12.2 Å². The van der Waals surface area contributed by atoms with Crippen molar-refractivity contribution in [3.63, 3.8) is 0 Å². The summed E-state index contributed by atoms with van der Waals surface area (Å²) in [5.74, 6) is 1.67. The first-order chi connectivity index (χ1) is 13.6. The number of nitrogens with zero attached hydrogens (tertiary/aromatic N) is 5. The van der Waals surface area contributed by atoms with Crippen LogP contribution >= 0.6 is 0 Å². The molecule has 1 unspecified atom stereocenters. The van der Waals surface area contributed by atoms with Crippen LogP contribution in [0.3, 0.4) is 0 Å². The largest absolute Gasteiger partial charge is 0.348 e. The summed E-state index contributed by atoms with van der Waals surface area (Å²) in [5.41, 5.74) is 2.73. The van der Waals surface area contributed by atoms with E-state index in [1.807, 2.05) is 37.5 Å². The fourth-order valence-corrected chi connectivity index (χ4v) is 3.81. The molecule has 1 fully saturated rings. The Morgan fingerprint density at radius 2 is 2.18 bits per heavy atom. The summed E-state index contributed by atoms with van der Waals surface area (Å²) in [6, 6.07) is 6.67. The molecule has 1 aliphatic heterocycles. The molecule has 146 valence electrons. The third kappa shape index (κ3) is 4.04. The van der Waals surface area contributed by atoms with Crippen LogP contribution in [0.15, 0.2) is 42.9 Å². The van der Waals surface area contributed by atoms with Crippen molar-refractivity contribution in [3.05, 3.63) is 60.2 Å². The van der Waals surface area contributed by atoms with Crippen molar-refractivity contribution >= 4 is 5.95 Å². The Bertz CT molecular complexity index is 924. The highest BCUT2D eigenvalue weighted by molar-refractivity contribution is 5.66. The van der Waals surface area contributed by atoms with E-state index in [4.69, 9.17) is 4.98 Å². The highest BCUT2D eigenvalue weighted by Gasteiger charge is 2.26. The van der Waals surface area contributed by atoms with Crippen LogP contribution in [0.2, 0.25) is 0 Å². The first kappa shape index (κ1) is 18.6. The van der Waals surface area contributed by atoms with Gasteiger partial charge in [-0.15, -0.1) is 0 Å². The second kappa shape index (κ2) is 8.06. The van der Waals surface area contributed by atoms with Gasteiger partial charge in [-0.3, -0.25) is 4.90 Å². The summed E-state index contributed by atoms with van der Waals surface area (Å²) in [6.07, 6.45) is 7.62. The van der Waals surface area contributed by atoms with E-state index in [9.17, 15) is 4.39 Å². The number of rotatable bonds is 5. The summed E-state index contributed by atoms with van der Waals surface area (Å²) in [4.78, 5) is 21.2. The molecule has 0 radical (unpaired) electrons. The van der Waals surface area contributed by atoms with Gasteiger partial charge in [0.15, 0.2) is 0 Å². The second-order valence-electron chi connectivity index (χ2n) is 7.48. The van der Waals surface area contributed by atoms with E-state index in [2.05, 4.69) is 19.9 Å². The molecule has 3 aromatic rings. The maximum Gasteiger partial charge on any atom is 0.225 e. The number of piperidine rings is 1. The first-order valence-corrected chi connectivity index (χ1v) is 9.61. The highest BCUT2D eigenvalue weighted by Crippen LogP contribution is 2.34. The van der Waals surface area contributed by atoms with E-state index in [0.29, 0.717) is 5.95 Å². The molecule has 1 aromatic carbocycles. The topological polar surface area (TPSA) is 60.9 Å². The zero-order valence-corrected chi connectivity index (χ0v) is 16.3. The Kier molecular flexibility index (Phi) is 5.34. The van der Waals surface area contributed by atoms with Gasteiger partial charge in [-0.05, 0) is 37.1 Å². The predicted molar refractivity (Wildman–Crippen MR) is 108 cm³/mol. The number of nitrogens with one attached hydrogen (secondary N) is 1. The average molecular weight is 380 g/mol. The predicted octanol–water partition coefficient (Wildman–Crippen LogP) is 3.45. The number of anilines is 1. The van der Waals surface area contributed by atoms with Crippen LogP contribution in [0.4, 0.5) is 10.3 Å². The standard InChI is InChI=1S/C21H25FN6/c1-27(2)21-25-12-18(15-5-3-7-17(22)11-15)20(26-21)16-6-4-10-28(13-16)14-19-23-8-9-24-19/h3,5,7-9,11-12,16H,4,6,10,13-14H2,1-2H3,(H,23,24). The van der Waals surface area contributed by atoms with Crippen LogP contribution in [-0.2, 0) is 6.54 Å². The molecular formula is C21H25FN6. The maximum absolute atomic E-state index is 13.8. The molecule has 1 aliphatic rings. The smallest absolute Gasteiger partial charge is 0.225 e. The molecule has 2 aromatic heterocycles. The number of aromatic amines is 1. The van der Waals surface area contributed by atoms with Crippen LogP contribution in [0.25, 0.3) is 11.1 Å². The second-order valence-corrected chi connectivity index (χ2v) is 7.48. The van der Waals surface area contributed by atoms with Gasteiger partial charge < -0.3 is 9.88 Å². The van der Waals surface area contributed by atoms with E-state index in [1.165, 1.54) is 6.07 Å². The molecule has 0 bridgehead atoms. The SMILES string of the molecule is CN(C)c1ncc(-c2cccc(F)c2)c(C2CCCN(Cc3ncc[nH]3)C2)n1. The van der Waals surface area contributed by atoms with Gasteiger partial charge in [0.25, 0.3) is 0 Å². The van der Waals surface area contributed by atoms with E-state index in [1.54, 1.807) is 18.3 Å². The molecule has 28 heavy (non-hydrogen) atoms. The Morgan fingerprint density at radius 1 is 1.29 bits per heavy atom. The van der Waals surface area contributed by atoms with Crippen LogP contribution in [0.1, 0.15) is 30.3 Å². The van der Waals surface area contributed by atoms with Gasteiger partial charge in [0.1, 0.15) is 11.6 Å². The molecule has 3 heterocycles. The molecule has 0 amide bonds. The van der Waals surface area contributed by atoms with Crippen LogP contribution in [-0.4, -0.2) is 52.0 Å². The number of hydrogen-bond donors (Lipinski definition) is 1. The van der Waals surface area contributed by atoms with Gasteiger partial charge in [-0.25, -0.2) is 19.3 Å². The average Bonchev–Trinajstić information content (AvgIpc) is 3.21. The maximum atomic E-state index is 13.8. The molecule has 1 saturated heterocycles. The van der Waals surface area contributed by atoms with Gasteiger partial charge in [0, 0.05) is 50.7 Å². The van der Waals surface area contributed by atoms with E-state index >= 15 is 0 Å². The van der Waals surface area contributed by atoms with Crippen molar-refractivity contribution < 1.29 is 4.39 Å². The Hall–Kier alpha value is -2.80. The van der Waals surface area contributed by atoms with Gasteiger partial charge >= 0.3 is 0 Å². The molecule has 6 nitrogen and oxygen atoms in total. The summed E-state index contributed by atoms with van der Waals surface area (Å²) in [7, 11) is 3.87. The third-order valence-corrected chi connectivity index (χ3v) is 5.16. The molecule has 0 saturated carbocycles. The van der Waals surface area contributed by atoms with Crippen molar-refractivity contribution in [2.45, 2.75) is 25.3 Å². The summed E-state index contributed by atoms with van der Waals surface area (Å²) >= 11 is 0. The third-order valence-electron chi connectivity index (χ3n) is 5.16. The molecule has 4 rings (SSSR count). The van der Waals surface area contributed by atoms with Crippen molar-refractivity contribution in [2.24, 2.45) is 0 Å². The first-order valence-electron chi connectivity index (χ1n) is 9.61. The normalized spacial score (nSPS) is 17.6. The Morgan fingerprint density at radius 3 is 2.93 bits per heavy atom. The minimum absolute atomic E-state index is 0.247. The lowest BCUT2D eigenvalue weighted by Crippen LogP contribution is -2.35. The lowest BCUT2D eigenvalue weighted by Gasteiger charge is -2.33. The number of benzene rings is 1. The van der Waals surface area contributed by atoms with Crippen molar-refractivity contribution in [3.8, 4) is 11.1 Å². The monoisotopic (exact) mass is 380 g/mol. The van der Waals surface area contributed by atoms with Crippen LogP contribution < -0.4 is 4.90 Å². The fourth-order valence-electron chi connectivity index (χ4n) is 3.81. The fraction of sp³-hybridized carbons (Fsp3) is 0.381. The minimum atomic E-state index is -0.247. The van der Waals surface area contributed by atoms with Gasteiger partial charge in [-0.1, -0.05) is 12.1 Å². The lowest BCUT2D eigenvalue weighted by molar-refractivity contribution is 0.195. The summed E-state index contributed by atoms with van der Waals surface area (Å²) in [5, 5.41) is 0. The van der Waals surface area contributed by atoms with Crippen molar-refractivity contribution in [2.75, 3.05) is 32.1 Å². The Labute approximate surface area is 164 Å². The van der Waals surface area contributed by atoms with Gasteiger partial charge in [0.2, 0.25) is 5.95 Å². The number of halogens is 1. The number of aromatic nitrogens is 4. The lowest BCUT2D eigenvalue weighted by atomic mass is 9.90. The molecule has 1 N–H and O–H groups in total. The number of H-pyrrole nitrogens is 1. The van der Waals surface area contributed by atoms with Crippen molar-refractivity contribution in [1.29, 1.82) is 0 Å². The van der Waals surface area contributed by atoms with E-state index in [0.717, 1.165) is 55.1 Å². The van der Waals surface area contributed by atoms with Crippen LogP contribution in [0.5, 0.6) is 0 Å². The van der Waals surface area contributed by atoms with Crippen molar-refractivity contribution in [1.82, 2.24) is 24.8 Å². The number of likely N-dealkylation sites (tertiary alicyclic amines) is 1. The highest BCUT2D eigenvalue weighted by atomic mass is 19.1. The molecule has 0 aliphatic carbocycles.